The monoisotopic (exact) mass is 333 g/mol. The fourth-order valence-electron chi connectivity index (χ4n) is 2.24. The van der Waals surface area contributed by atoms with Crippen LogP contribution < -0.4 is 5.32 Å². The van der Waals surface area contributed by atoms with E-state index in [0.29, 0.717) is 16.4 Å². The molecule has 3 rings (SSSR count). The van der Waals surface area contributed by atoms with Crippen LogP contribution in [-0.4, -0.2) is 22.2 Å². The normalized spacial score (nSPS) is 11.0. The number of benzene rings is 1. The highest BCUT2D eigenvalue weighted by molar-refractivity contribution is 7.20. The van der Waals surface area contributed by atoms with Crippen LogP contribution in [0.5, 0.6) is 0 Å². The minimum Gasteiger partial charge on any atom is -0.351 e. The molecule has 0 atom stereocenters. The highest BCUT2D eigenvalue weighted by atomic mass is 35.5. The predicted molar refractivity (Wildman–Crippen MR) is 91.3 cm³/mol. The molecule has 0 aliphatic carbocycles. The summed E-state index contributed by atoms with van der Waals surface area (Å²) < 4.78 is 1.86. The van der Waals surface area contributed by atoms with Gasteiger partial charge in [-0.1, -0.05) is 18.5 Å². The number of aromatic nitrogens is 2. The van der Waals surface area contributed by atoms with E-state index in [0.717, 1.165) is 28.0 Å². The van der Waals surface area contributed by atoms with E-state index >= 15 is 0 Å². The van der Waals surface area contributed by atoms with Crippen molar-refractivity contribution >= 4 is 39.1 Å². The number of nitrogens with one attached hydrogen (secondary N) is 1. The number of fused-ring (bicyclic) bond motifs is 1. The summed E-state index contributed by atoms with van der Waals surface area (Å²) in [5.74, 6) is -0.0230. The van der Waals surface area contributed by atoms with Gasteiger partial charge in [0.1, 0.15) is 4.83 Å². The molecule has 0 radical (unpaired) electrons. The van der Waals surface area contributed by atoms with Gasteiger partial charge in [0.2, 0.25) is 0 Å². The molecular formula is C16H16ClN3OS. The van der Waals surface area contributed by atoms with Crippen molar-refractivity contribution < 1.29 is 4.79 Å². The summed E-state index contributed by atoms with van der Waals surface area (Å²) in [4.78, 5) is 13.8. The minimum absolute atomic E-state index is 0.0230. The Hall–Kier alpha value is -1.85. The Morgan fingerprint density at radius 1 is 1.36 bits per heavy atom. The third-order valence-electron chi connectivity index (χ3n) is 3.38. The van der Waals surface area contributed by atoms with E-state index in [4.69, 9.17) is 11.6 Å². The minimum atomic E-state index is -0.0230. The molecule has 22 heavy (non-hydrogen) atoms. The van der Waals surface area contributed by atoms with Crippen molar-refractivity contribution in [3.05, 3.63) is 45.9 Å². The highest BCUT2D eigenvalue weighted by Gasteiger charge is 2.16. The van der Waals surface area contributed by atoms with Crippen LogP contribution in [0.1, 0.15) is 28.7 Å². The van der Waals surface area contributed by atoms with Crippen molar-refractivity contribution in [2.24, 2.45) is 0 Å². The third kappa shape index (κ3) is 2.74. The number of hydrogen-bond donors (Lipinski definition) is 1. The molecule has 0 spiro atoms. The molecule has 0 saturated carbocycles. The second-order valence-electron chi connectivity index (χ2n) is 5.06. The van der Waals surface area contributed by atoms with Gasteiger partial charge in [0.25, 0.3) is 5.91 Å². The van der Waals surface area contributed by atoms with E-state index in [2.05, 4.69) is 10.4 Å². The number of aryl methyl sites for hydroxylation is 1. The van der Waals surface area contributed by atoms with Crippen molar-refractivity contribution in [1.29, 1.82) is 0 Å². The zero-order valence-corrected chi connectivity index (χ0v) is 14.0. The molecule has 1 N–H and O–H groups in total. The van der Waals surface area contributed by atoms with Crippen LogP contribution in [0.25, 0.3) is 15.9 Å². The van der Waals surface area contributed by atoms with Gasteiger partial charge in [-0.05, 0) is 43.7 Å². The second-order valence-corrected chi connectivity index (χ2v) is 6.53. The molecule has 0 saturated heterocycles. The maximum Gasteiger partial charge on any atom is 0.261 e. The maximum atomic E-state index is 12.1. The quantitative estimate of drug-likeness (QED) is 0.778. The summed E-state index contributed by atoms with van der Waals surface area (Å²) in [5.41, 5.74) is 1.85. The van der Waals surface area contributed by atoms with Crippen LogP contribution in [0.3, 0.4) is 0 Å². The number of halogens is 1. The average molecular weight is 334 g/mol. The fourth-order valence-corrected chi connectivity index (χ4v) is 3.47. The largest absolute Gasteiger partial charge is 0.351 e. The first-order chi connectivity index (χ1) is 10.6. The Labute approximate surface area is 137 Å². The molecule has 3 aromatic rings. The molecule has 0 aliphatic rings. The smallest absolute Gasteiger partial charge is 0.261 e. The number of rotatable bonds is 4. The molecule has 114 valence electrons. The van der Waals surface area contributed by atoms with Gasteiger partial charge >= 0.3 is 0 Å². The van der Waals surface area contributed by atoms with Crippen molar-refractivity contribution in [1.82, 2.24) is 15.1 Å². The topological polar surface area (TPSA) is 46.9 Å². The Morgan fingerprint density at radius 3 is 2.77 bits per heavy atom. The number of thiophene rings is 1. The standard InChI is InChI=1S/C16H16ClN3OS/c1-3-8-18-15(21)14-9-13-10(2)19-20(16(13)22-14)12-6-4-11(17)5-7-12/h4-7,9H,3,8H2,1-2H3,(H,18,21). The lowest BCUT2D eigenvalue weighted by Crippen LogP contribution is -2.22. The summed E-state index contributed by atoms with van der Waals surface area (Å²) >= 11 is 7.39. The van der Waals surface area contributed by atoms with Crippen molar-refractivity contribution in [2.45, 2.75) is 20.3 Å². The summed E-state index contributed by atoms with van der Waals surface area (Å²) in [5, 5.41) is 9.18. The van der Waals surface area contributed by atoms with Crippen molar-refractivity contribution in [3.8, 4) is 5.69 Å². The molecule has 1 amide bonds. The number of carbonyl (C=O) groups is 1. The lowest BCUT2D eigenvalue weighted by molar-refractivity contribution is 0.0958. The highest BCUT2D eigenvalue weighted by Crippen LogP contribution is 2.30. The van der Waals surface area contributed by atoms with Gasteiger partial charge in [-0.25, -0.2) is 4.68 Å². The fraction of sp³-hybridized carbons (Fsp3) is 0.250. The van der Waals surface area contributed by atoms with E-state index in [1.54, 1.807) is 0 Å². The average Bonchev–Trinajstić information content (AvgIpc) is 3.07. The van der Waals surface area contributed by atoms with Crippen molar-refractivity contribution in [2.75, 3.05) is 6.54 Å². The predicted octanol–water partition coefficient (Wildman–Crippen LogP) is 4.19. The molecule has 0 unspecified atom stereocenters. The first-order valence-electron chi connectivity index (χ1n) is 7.13. The number of carbonyl (C=O) groups excluding carboxylic acids is 1. The van der Waals surface area contributed by atoms with E-state index in [9.17, 15) is 4.79 Å². The lowest BCUT2D eigenvalue weighted by Gasteiger charge is -2.02. The molecule has 2 heterocycles. The van der Waals surface area contributed by atoms with Crippen molar-refractivity contribution in [3.63, 3.8) is 0 Å². The van der Waals surface area contributed by atoms with E-state index < -0.39 is 0 Å². The van der Waals surface area contributed by atoms with Crippen LogP contribution in [0.4, 0.5) is 0 Å². The molecule has 4 nitrogen and oxygen atoms in total. The molecule has 2 aromatic heterocycles. The Morgan fingerprint density at radius 2 is 2.09 bits per heavy atom. The Balaban J connectivity index is 2.03. The number of nitrogens with zero attached hydrogens (tertiary/aromatic N) is 2. The molecule has 6 heteroatoms. The lowest BCUT2D eigenvalue weighted by atomic mass is 10.3. The van der Waals surface area contributed by atoms with E-state index in [1.807, 2.05) is 48.9 Å². The molecule has 0 bridgehead atoms. The van der Waals surface area contributed by atoms with Gasteiger partial charge in [0, 0.05) is 17.0 Å². The van der Waals surface area contributed by atoms with Crippen LogP contribution >= 0.6 is 22.9 Å². The van der Waals surface area contributed by atoms with Gasteiger partial charge < -0.3 is 5.32 Å². The summed E-state index contributed by atoms with van der Waals surface area (Å²) in [6.07, 6.45) is 0.925. The Kier molecular flexibility index (Phi) is 4.18. The van der Waals surface area contributed by atoms with Crippen LogP contribution in [-0.2, 0) is 0 Å². The Bertz CT molecular complexity index is 820. The first kappa shape index (κ1) is 15.1. The van der Waals surface area contributed by atoms with Gasteiger partial charge in [0.15, 0.2) is 0 Å². The summed E-state index contributed by atoms with van der Waals surface area (Å²) in [6, 6.07) is 9.43. The maximum absolute atomic E-state index is 12.1. The molecule has 0 aliphatic heterocycles. The van der Waals surface area contributed by atoms with Gasteiger partial charge in [-0.3, -0.25) is 4.79 Å². The number of amides is 1. The second kappa shape index (κ2) is 6.10. The van der Waals surface area contributed by atoms with Gasteiger partial charge in [-0.2, -0.15) is 5.10 Å². The molecule has 0 fully saturated rings. The SMILES string of the molecule is CCCNC(=O)c1cc2c(C)nn(-c3ccc(Cl)cc3)c2s1. The first-order valence-corrected chi connectivity index (χ1v) is 8.33. The van der Waals surface area contributed by atoms with Crippen LogP contribution in [0.15, 0.2) is 30.3 Å². The van der Waals surface area contributed by atoms with Gasteiger partial charge in [-0.15, -0.1) is 11.3 Å². The molecule has 1 aromatic carbocycles. The zero-order chi connectivity index (χ0) is 15.7. The summed E-state index contributed by atoms with van der Waals surface area (Å²) in [7, 11) is 0. The zero-order valence-electron chi connectivity index (χ0n) is 12.4. The third-order valence-corrected chi connectivity index (χ3v) is 4.74. The van der Waals surface area contributed by atoms with E-state index in [-0.39, 0.29) is 5.91 Å². The van der Waals surface area contributed by atoms with E-state index in [1.165, 1.54) is 11.3 Å². The number of hydrogen-bond acceptors (Lipinski definition) is 3. The van der Waals surface area contributed by atoms with Crippen LogP contribution in [0, 0.1) is 6.92 Å². The summed E-state index contributed by atoms with van der Waals surface area (Å²) in [6.45, 7) is 4.68. The molecular weight excluding hydrogens is 318 g/mol. The van der Waals surface area contributed by atoms with Crippen LogP contribution in [0.2, 0.25) is 5.02 Å². The van der Waals surface area contributed by atoms with Gasteiger partial charge in [0.05, 0.1) is 16.3 Å².